The lowest BCUT2D eigenvalue weighted by Gasteiger charge is -2.30. The summed E-state index contributed by atoms with van der Waals surface area (Å²) in [7, 11) is 0. The lowest BCUT2D eigenvalue weighted by molar-refractivity contribution is 0.0926. The van der Waals surface area contributed by atoms with E-state index >= 15 is 0 Å². The van der Waals surface area contributed by atoms with Gasteiger partial charge in [0, 0.05) is 27.5 Å². The first kappa shape index (κ1) is 20.6. The first-order valence-corrected chi connectivity index (χ1v) is 10.2. The first-order chi connectivity index (χ1) is 13.2. The second kappa shape index (κ2) is 9.39. The number of fused-ring (bicyclic) bond motifs is 1. The van der Waals surface area contributed by atoms with E-state index in [9.17, 15) is 4.79 Å². The van der Waals surface area contributed by atoms with Gasteiger partial charge >= 0.3 is 0 Å². The number of hydrogen-bond donors (Lipinski definition) is 2. The SMILES string of the molecule is Cl.O=C(NC1CCC(Nc2ccc3ccccc3n2)CC1)c1cccc(Br)c1. The number of anilines is 1. The molecule has 1 aromatic heterocycles. The largest absolute Gasteiger partial charge is 0.367 e. The van der Waals surface area contributed by atoms with Crippen LogP contribution in [0.25, 0.3) is 10.9 Å². The summed E-state index contributed by atoms with van der Waals surface area (Å²) in [6.07, 6.45) is 4.01. The van der Waals surface area contributed by atoms with E-state index in [0.717, 1.165) is 46.9 Å². The topological polar surface area (TPSA) is 54.0 Å². The Morgan fingerprint density at radius 3 is 2.46 bits per heavy atom. The third-order valence-electron chi connectivity index (χ3n) is 5.10. The second-order valence-electron chi connectivity index (χ2n) is 7.07. The van der Waals surface area contributed by atoms with Crippen molar-refractivity contribution >= 4 is 51.0 Å². The zero-order valence-corrected chi connectivity index (χ0v) is 17.8. The van der Waals surface area contributed by atoms with Gasteiger partial charge in [-0.15, -0.1) is 12.4 Å². The van der Waals surface area contributed by atoms with Crippen molar-refractivity contribution in [3.63, 3.8) is 0 Å². The number of pyridine rings is 1. The van der Waals surface area contributed by atoms with Gasteiger partial charge in [0.25, 0.3) is 5.91 Å². The minimum absolute atomic E-state index is 0. The maximum absolute atomic E-state index is 12.4. The lowest BCUT2D eigenvalue weighted by atomic mass is 9.91. The Morgan fingerprint density at radius 2 is 1.68 bits per heavy atom. The van der Waals surface area contributed by atoms with E-state index in [4.69, 9.17) is 4.98 Å². The Morgan fingerprint density at radius 1 is 0.929 bits per heavy atom. The molecule has 0 spiro atoms. The molecule has 2 aromatic carbocycles. The summed E-state index contributed by atoms with van der Waals surface area (Å²) in [4.78, 5) is 17.1. The Kier molecular flexibility index (Phi) is 6.92. The van der Waals surface area contributed by atoms with Crippen LogP contribution in [0.3, 0.4) is 0 Å². The summed E-state index contributed by atoms with van der Waals surface area (Å²) in [5.41, 5.74) is 1.71. The molecule has 146 valence electrons. The molecule has 0 bridgehead atoms. The molecule has 6 heteroatoms. The third-order valence-corrected chi connectivity index (χ3v) is 5.59. The minimum atomic E-state index is 0. The number of amides is 1. The van der Waals surface area contributed by atoms with E-state index in [-0.39, 0.29) is 24.4 Å². The van der Waals surface area contributed by atoms with Crippen molar-refractivity contribution in [2.45, 2.75) is 37.8 Å². The maximum atomic E-state index is 12.4. The van der Waals surface area contributed by atoms with Gasteiger partial charge in [0.2, 0.25) is 0 Å². The van der Waals surface area contributed by atoms with Crippen LogP contribution in [0.4, 0.5) is 5.82 Å². The van der Waals surface area contributed by atoms with Gasteiger partial charge in [-0.2, -0.15) is 0 Å². The number of para-hydroxylation sites is 1. The van der Waals surface area contributed by atoms with Crippen LogP contribution < -0.4 is 10.6 Å². The van der Waals surface area contributed by atoms with Crippen molar-refractivity contribution in [1.29, 1.82) is 0 Å². The zero-order valence-electron chi connectivity index (χ0n) is 15.4. The smallest absolute Gasteiger partial charge is 0.251 e. The van der Waals surface area contributed by atoms with E-state index in [1.807, 2.05) is 48.5 Å². The third kappa shape index (κ3) is 5.03. The van der Waals surface area contributed by atoms with Crippen molar-refractivity contribution in [3.05, 3.63) is 70.7 Å². The quantitative estimate of drug-likeness (QED) is 0.535. The summed E-state index contributed by atoms with van der Waals surface area (Å²) in [5.74, 6) is 0.930. The average molecular weight is 461 g/mol. The van der Waals surface area contributed by atoms with E-state index in [0.29, 0.717) is 11.6 Å². The summed E-state index contributed by atoms with van der Waals surface area (Å²) in [5, 5.41) is 7.88. The summed E-state index contributed by atoms with van der Waals surface area (Å²) < 4.78 is 0.922. The number of aromatic nitrogens is 1. The number of nitrogens with zero attached hydrogens (tertiary/aromatic N) is 1. The van der Waals surface area contributed by atoms with Gasteiger partial charge in [-0.3, -0.25) is 4.79 Å². The average Bonchev–Trinajstić information content (AvgIpc) is 2.69. The zero-order chi connectivity index (χ0) is 18.6. The van der Waals surface area contributed by atoms with E-state index in [1.54, 1.807) is 0 Å². The maximum Gasteiger partial charge on any atom is 0.251 e. The molecule has 0 atom stereocenters. The van der Waals surface area contributed by atoms with Crippen LogP contribution in [0.5, 0.6) is 0 Å². The summed E-state index contributed by atoms with van der Waals surface area (Å²) in [6.45, 7) is 0. The van der Waals surface area contributed by atoms with Gasteiger partial charge in [0.15, 0.2) is 0 Å². The number of nitrogens with one attached hydrogen (secondary N) is 2. The number of halogens is 2. The molecule has 1 heterocycles. The normalized spacial score (nSPS) is 18.9. The number of hydrogen-bond acceptors (Lipinski definition) is 3. The van der Waals surface area contributed by atoms with Gasteiger partial charge in [0.1, 0.15) is 5.82 Å². The Labute approximate surface area is 179 Å². The van der Waals surface area contributed by atoms with Gasteiger partial charge in [-0.25, -0.2) is 4.98 Å². The molecule has 0 saturated heterocycles. The van der Waals surface area contributed by atoms with Crippen LogP contribution in [-0.2, 0) is 0 Å². The van der Waals surface area contributed by atoms with Gasteiger partial charge in [-0.1, -0.05) is 40.2 Å². The van der Waals surface area contributed by atoms with Crippen LogP contribution in [0, 0.1) is 0 Å². The second-order valence-corrected chi connectivity index (χ2v) is 7.98. The van der Waals surface area contributed by atoms with E-state index in [2.05, 4.69) is 38.7 Å². The Hall–Kier alpha value is -2.11. The van der Waals surface area contributed by atoms with E-state index < -0.39 is 0 Å². The number of carbonyl (C=O) groups excluding carboxylic acids is 1. The fraction of sp³-hybridized carbons (Fsp3) is 0.273. The number of rotatable bonds is 4. The van der Waals surface area contributed by atoms with Crippen LogP contribution in [0.15, 0.2) is 65.1 Å². The molecule has 0 radical (unpaired) electrons. The predicted molar refractivity (Wildman–Crippen MR) is 120 cm³/mol. The highest BCUT2D eigenvalue weighted by Gasteiger charge is 2.23. The lowest BCUT2D eigenvalue weighted by Crippen LogP contribution is -2.40. The first-order valence-electron chi connectivity index (χ1n) is 9.36. The molecular formula is C22H23BrClN3O. The van der Waals surface area contributed by atoms with Crippen molar-refractivity contribution in [2.75, 3.05) is 5.32 Å². The van der Waals surface area contributed by atoms with Gasteiger partial charge in [-0.05, 0) is 62.1 Å². The van der Waals surface area contributed by atoms with Crippen LogP contribution in [-0.4, -0.2) is 23.0 Å². The highest BCUT2D eigenvalue weighted by molar-refractivity contribution is 9.10. The van der Waals surface area contributed by atoms with Crippen molar-refractivity contribution in [1.82, 2.24) is 10.3 Å². The molecule has 1 fully saturated rings. The number of benzene rings is 2. The van der Waals surface area contributed by atoms with Crippen molar-refractivity contribution in [2.24, 2.45) is 0 Å². The standard InChI is InChI=1S/C22H22BrN3O.ClH/c23-17-6-3-5-16(14-17)22(27)25-19-11-9-18(10-12-19)24-21-13-8-15-4-1-2-7-20(15)26-21;/h1-8,13-14,18-19H,9-12H2,(H,24,26)(H,25,27);1H. The van der Waals surface area contributed by atoms with Crippen molar-refractivity contribution in [3.8, 4) is 0 Å². The molecule has 0 aliphatic heterocycles. The molecule has 2 N–H and O–H groups in total. The summed E-state index contributed by atoms with van der Waals surface area (Å²) >= 11 is 3.42. The molecular weight excluding hydrogens is 438 g/mol. The molecule has 28 heavy (non-hydrogen) atoms. The molecule has 1 saturated carbocycles. The molecule has 0 unspecified atom stereocenters. The molecule has 1 amide bonds. The van der Waals surface area contributed by atoms with E-state index in [1.165, 1.54) is 0 Å². The van der Waals surface area contributed by atoms with Crippen molar-refractivity contribution < 1.29 is 4.79 Å². The molecule has 3 aromatic rings. The monoisotopic (exact) mass is 459 g/mol. The Balaban J connectivity index is 0.00000225. The highest BCUT2D eigenvalue weighted by atomic mass is 79.9. The van der Waals surface area contributed by atoms with Gasteiger partial charge in [0.05, 0.1) is 5.52 Å². The fourth-order valence-electron chi connectivity index (χ4n) is 3.64. The van der Waals surface area contributed by atoms with Crippen LogP contribution in [0.1, 0.15) is 36.0 Å². The van der Waals surface area contributed by atoms with Crippen LogP contribution in [0.2, 0.25) is 0 Å². The van der Waals surface area contributed by atoms with Crippen LogP contribution >= 0.6 is 28.3 Å². The number of carbonyl (C=O) groups is 1. The predicted octanol–water partition coefficient (Wildman–Crippen LogP) is 5.57. The molecule has 1 aliphatic carbocycles. The molecule has 4 rings (SSSR count). The minimum Gasteiger partial charge on any atom is -0.367 e. The highest BCUT2D eigenvalue weighted by Crippen LogP contribution is 2.23. The Bertz CT molecular complexity index is 957. The fourth-order valence-corrected chi connectivity index (χ4v) is 4.04. The molecule has 1 aliphatic rings. The summed E-state index contributed by atoms with van der Waals surface area (Å²) in [6, 6.07) is 20.5. The van der Waals surface area contributed by atoms with Gasteiger partial charge < -0.3 is 10.6 Å². The molecule has 4 nitrogen and oxygen atoms in total.